The van der Waals surface area contributed by atoms with Gasteiger partial charge < -0.3 is 19.8 Å². The van der Waals surface area contributed by atoms with E-state index in [9.17, 15) is 14.4 Å². The molecule has 1 atom stereocenters. The van der Waals surface area contributed by atoms with E-state index >= 15 is 0 Å². The third-order valence-electron chi connectivity index (χ3n) is 4.63. The van der Waals surface area contributed by atoms with Crippen LogP contribution < -0.4 is 16.2 Å². The number of hydrogen-bond acceptors (Lipinski definition) is 7. The Kier molecular flexibility index (Phi) is 5.05. The zero-order chi connectivity index (χ0) is 21.3. The largest absolute Gasteiger partial charge is 0.464 e. The molecule has 2 N–H and O–H groups in total. The van der Waals surface area contributed by atoms with Crippen LogP contribution in [0, 0.1) is 6.92 Å². The number of ether oxygens (including phenoxy) is 1. The van der Waals surface area contributed by atoms with Gasteiger partial charge in [0.05, 0.1) is 29.8 Å². The fourth-order valence-corrected chi connectivity index (χ4v) is 3.29. The highest BCUT2D eigenvalue weighted by Gasteiger charge is 2.35. The Morgan fingerprint density at radius 3 is 2.77 bits per heavy atom. The van der Waals surface area contributed by atoms with Crippen LogP contribution >= 0.6 is 0 Å². The molecular weight excluding hydrogens is 390 g/mol. The Balaban J connectivity index is 1.82. The van der Waals surface area contributed by atoms with Crippen molar-refractivity contribution in [2.75, 3.05) is 6.61 Å². The number of carbonyl (C=O) groups excluding carboxylic acids is 2. The molecule has 1 aliphatic heterocycles. The highest BCUT2D eigenvalue weighted by Crippen LogP contribution is 2.29. The van der Waals surface area contributed by atoms with Gasteiger partial charge in [-0.25, -0.2) is 14.3 Å². The number of aryl methyl sites for hydroxylation is 1. The van der Waals surface area contributed by atoms with Crippen molar-refractivity contribution in [3.05, 3.63) is 69.5 Å². The van der Waals surface area contributed by atoms with Gasteiger partial charge in [0, 0.05) is 0 Å². The van der Waals surface area contributed by atoms with Crippen molar-refractivity contribution in [1.29, 1.82) is 0 Å². The van der Waals surface area contributed by atoms with E-state index in [4.69, 9.17) is 9.15 Å². The van der Waals surface area contributed by atoms with Crippen LogP contribution in [0.4, 0.5) is 4.79 Å². The van der Waals surface area contributed by atoms with E-state index in [0.29, 0.717) is 22.4 Å². The number of fused-ring (bicyclic) bond motifs is 1. The van der Waals surface area contributed by atoms with Crippen LogP contribution in [0.2, 0.25) is 0 Å². The van der Waals surface area contributed by atoms with Crippen LogP contribution in [0.3, 0.4) is 0 Å². The third-order valence-corrected chi connectivity index (χ3v) is 4.63. The molecule has 4 rings (SSSR count). The highest BCUT2D eigenvalue weighted by atomic mass is 16.5. The summed E-state index contributed by atoms with van der Waals surface area (Å²) in [6.45, 7) is 3.40. The number of benzene rings is 1. The first-order valence-corrected chi connectivity index (χ1v) is 9.34. The molecule has 0 fully saturated rings. The summed E-state index contributed by atoms with van der Waals surface area (Å²) in [6.07, 6.45) is 0. The zero-order valence-corrected chi connectivity index (χ0v) is 16.3. The van der Waals surface area contributed by atoms with Crippen LogP contribution in [-0.4, -0.2) is 33.6 Å². The van der Waals surface area contributed by atoms with Crippen molar-refractivity contribution in [3.63, 3.8) is 0 Å². The highest BCUT2D eigenvalue weighted by molar-refractivity contribution is 5.95. The van der Waals surface area contributed by atoms with Gasteiger partial charge in [-0.05, 0) is 38.1 Å². The second-order valence-corrected chi connectivity index (χ2v) is 6.66. The summed E-state index contributed by atoms with van der Waals surface area (Å²) in [5, 5.41) is 13.6. The van der Waals surface area contributed by atoms with Gasteiger partial charge in [0.1, 0.15) is 23.1 Å². The molecule has 3 aromatic rings. The summed E-state index contributed by atoms with van der Waals surface area (Å²) in [5.41, 5.74) is 0.377. The molecule has 0 aliphatic carbocycles. The third kappa shape index (κ3) is 3.54. The second-order valence-electron chi connectivity index (χ2n) is 6.66. The standard InChI is InChI=1S/C20H19N5O5/c1-3-29-19(27)16-14(21-20(28)22-17(16)15-9-8-11(2)30-15)10-25-18(26)12-6-4-5-7-13(12)23-24-25/h4-9,17H,3,10H2,1-2H3,(H2,21,22,28)/t17-/m0/s1. The summed E-state index contributed by atoms with van der Waals surface area (Å²) in [5.74, 6) is 0.361. The molecule has 10 nitrogen and oxygen atoms in total. The van der Waals surface area contributed by atoms with E-state index in [1.807, 2.05) is 0 Å². The number of furan rings is 1. The molecule has 10 heteroatoms. The number of aromatic nitrogens is 3. The minimum absolute atomic E-state index is 0.132. The molecule has 0 bridgehead atoms. The summed E-state index contributed by atoms with van der Waals surface area (Å²) in [6, 6.07) is 8.78. The Morgan fingerprint density at radius 1 is 1.23 bits per heavy atom. The fourth-order valence-electron chi connectivity index (χ4n) is 3.29. The molecule has 0 saturated carbocycles. The average molecular weight is 409 g/mol. The van der Waals surface area contributed by atoms with E-state index in [1.165, 1.54) is 0 Å². The van der Waals surface area contributed by atoms with Crippen LogP contribution in [0.5, 0.6) is 0 Å². The molecule has 0 spiro atoms. The Labute approximate surface area is 170 Å². The van der Waals surface area contributed by atoms with E-state index in [0.717, 1.165) is 4.68 Å². The predicted octanol–water partition coefficient (Wildman–Crippen LogP) is 1.56. The van der Waals surface area contributed by atoms with Gasteiger partial charge in [0.25, 0.3) is 5.56 Å². The lowest BCUT2D eigenvalue weighted by molar-refractivity contribution is -0.139. The van der Waals surface area contributed by atoms with E-state index in [2.05, 4.69) is 20.9 Å². The molecule has 30 heavy (non-hydrogen) atoms. The van der Waals surface area contributed by atoms with Gasteiger partial charge in [0.2, 0.25) is 0 Å². The van der Waals surface area contributed by atoms with Crippen molar-refractivity contribution in [2.24, 2.45) is 0 Å². The molecule has 1 aromatic carbocycles. The lowest BCUT2D eigenvalue weighted by Gasteiger charge is -2.27. The maximum Gasteiger partial charge on any atom is 0.338 e. The topological polar surface area (TPSA) is 128 Å². The van der Waals surface area contributed by atoms with Crippen LogP contribution in [0.25, 0.3) is 10.9 Å². The normalized spacial score (nSPS) is 16.3. The van der Waals surface area contributed by atoms with Gasteiger partial charge >= 0.3 is 12.0 Å². The van der Waals surface area contributed by atoms with E-state index < -0.39 is 23.6 Å². The van der Waals surface area contributed by atoms with Gasteiger partial charge in [-0.1, -0.05) is 17.3 Å². The van der Waals surface area contributed by atoms with E-state index in [-0.39, 0.29) is 24.4 Å². The number of carbonyl (C=O) groups is 2. The quantitative estimate of drug-likeness (QED) is 0.612. The SMILES string of the molecule is CCOC(=O)C1=C(Cn2nnc3ccccc3c2=O)NC(=O)N[C@H]1c1ccc(C)o1. The van der Waals surface area contributed by atoms with Gasteiger partial charge in [-0.3, -0.25) is 4.79 Å². The molecule has 3 heterocycles. The molecule has 0 radical (unpaired) electrons. The average Bonchev–Trinajstić information content (AvgIpc) is 3.16. The number of allylic oxidation sites excluding steroid dienone is 1. The van der Waals surface area contributed by atoms with E-state index in [1.54, 1.807) is 50.2 Å². The van der Waals surface area contributed by atoms with Crippen molar-refractivity contribution in [1.82, 2.24) is 25.6 Å². The molecule has 2 amide bonds. The number of rotatable bonds is 5. The molecular formula is C20H19N5O5. The fraction of sp³-hybridized carbons (Fsp3) is 0.250. The number of urea groups is 1. The molecule has 0 saturated heterocycles. The molecule has 154 valence electrons. The lowest BCUT2D eigenvalue weighted by Crippen LogP contribution is -2.47. The van der Waals surface area contributed by atoms with Crippen LogP contribution in [-0.2, 0) is 16.1 Å². The van der Waals surface area contributed by atoms with Crippen LogP contribution in [0.15, 0.2) is 56.9 Å². The summed E-state index contributed by atoms with van der Waals surface area (Å²) in [7, 11) is 0. The maximum atomic E-state index is 12.8. The first kappa shape index (κ1) is 19.4. The van der Waals surface area contributed by atoms with Gasteiger partial charge in [0.15, 0.2) is 0 Å². The van der Waals surface area contributed by atoms with Crippen LogP contribution in [0.1, 0.15) is 24.5 Å². The second kappa shape index (κ2) is 7.82. The smallest absolute Gasteiger partial charge is 0.338 e. The predicted molar refractivity (Wildman–Crippen MR) is 105 cm³/mol. The lowest BCUT2D eigenvalue weighted by atomic mass is 10.00. The maximum absolute atomic E-state index is 12.8. The molecule has 0 unspecified atom stereocenters. The zero-order valence-electron chi connectivity index (χ0n) is 16.3. The number of nitrogens with one attached hydrogen (secondary N) is 2. The number of hydrogen-bond donors (Lipinski definition) is 2. The summed E-state index contributed by atoms with van der Waals surface area (Å²) < 4.78 is 11.9. The number of esters is 1. The first-order chi connectivity index (χ1) is 14.5. The Morgan fingerprint density at radius 2 is 2.03 bits per heavy atom. The molecule has 1 aliphatic rings. The van der Waals surface area contributed by atoms with Crippen molar-refractivity contribution >= 4 is 22.9 Å². The van der Waals surface area contributed by atoms with Gasteiger partial charge in [-0.15, -0.1) is 5.10 Å². The van der Waals surface area contributed by atoms with Crippen molar-refractivity contribution in [3.8, 4) is 0 Å². The monoisotopic (exact) mass is 409 g/mol. The summed E-state index contributed by atoms with van der Waals surface area (Å²) >= 11 is 0. The van der Waals surface area contributed by atoms with Gasteiger partial charge in [-0.2, -0.15) is 0 Å². The molecule has 2 aromatic heterocycles. The van der Waals surface area contributed by atoms with Crippen molar-refractivity contribution in [2.45, 2.75) is 26.4 Å². The first-order valence-electron chi connectivity index (χ1n) is 9.34. The van der Waals surface area contributed by atoms with Crippen molar-refractivity contribution < 1.29 is 18.7 Å². The Hall–Kier alpha value is -3.95. The number of amides is 2. The minimum atomic E-state index is -0.870. The number of nitrogens with zero attached hydrogens (tertiary/aromatic N) is 3. The minimum Gasteiger partial charge on any atom is -0.464 e. The Bertz CT molecular complexity index is 1230. The summed E-state index contributed by atoms with van der Waals surface area (Å²) in [4.78, 5) is 37.9.